The zero-order chi connectivity index (χ0) is 50.3. The van der Waals surface area contributed by atoms with E-state index in [-0.39, 0.29) is 78.7 Å². The second kappa shape index (κ2) is 30.8. The van der Waals surface area contributed by atoms with Crippen molar-refractivity contribution >= 4 is 23.8 Å². The van der Waals surface area contributed by atoms with Crippen LogP contribution in [0.1, 0.15) is 78.3 Å². The van der Waals surface area contributed by atoms with Crippen molar-refractivity contribution in [3.05, 3.63) is 215 Å². The van der Waals surface area contributed by atoms with Crippen molar-refractivity contribution in [3.8, 4) is 0 Å². The van der Waals surface area contributed by atoms with Gasteiger partial charge in [0.15, 0.2) is 0 Å². The molecule has 0 radical (unpaired) electrons. The van der Waals surface area contributed by atoms with E-state index in [1.54, 1.807) is 21.9 Å². The molecule has 4 N–H and O–H groups in total. The second-order valence-electron chi connectivity index (χ2n) is 18.6. The smallest absolute Gasteiger partial charge is 0.870 e. The molecule has 8 rings (SSSR count). The molecule has 2 heterocycles. The Morgan fingerprint density at radius 1 is 0.560 bits per heavy atom. The Morgan fingerprint density at radius 3 is 1.17 bits per heavy atom. The van der Waals surface area contributed by atoms with E-state index in [2.05, 4.69) is 9.80 Å². The Balaban J connectivity index is 0.000000375. The summed E-state index contributed by atoms with van der Waals surface area (Å²) in [6.07, 6.45) is 4.33. The van der Waals surface area contributed by atoms with E-state index in [9.17, 15) is 33.1 Å². The molecule has 0 aliphatic carbocycles. The molecule has 0 spiro atoms. The summed E-state index contributed by atoms with van der Waals surface area (Å²) in [5.41, 5.74) is 5.66. The normalized spacial score (nSPS) is 16.7. The van der Waals surface area contributed by atoms with Gasteiger partial charge in [-0.05, 0) is 123 Å². The first-order valence-corrected chi connectivity index (χ1v) is 24.4. The van der Waals surface area contributed by atoms with E-state index >= 15 is 0 Å². The number of ether oxygens (including phenoxy) is 1. The predicted molar refractivity (Wildman–Crippen MR) is 284 cm³/mol. The van der Waals surface area contributed by atoms with E-state index in [4.69, 9.17) is 4.74 Å². The zero-order valence-corrected chi connectivity index (χ0v) is 42.7. The number of carbonyl (C=O) groups is 4. The van der Waals surface area contributed by atoms with Crippen LogP contribution in [0.2, 0.25) is 0 Å². The molecule has 2 amide bonds. The van der Waals surface area contributed by atoms with Gasteiger partial charge in [0.05, 0.1) is 18.9 Å². The molecule has 394 valence electrons. The molecular formula is C60H71F2LiN4O8. The van der Waals surface area contributed by atoms with Crippen molar-refractivity contribution < 1.29 is 67.6 Å². The third-order valence-corrected chi connectivity index (χ3v) is 13.9. The average Bonchev–Trinajstić information content (AvgIpc) is 4.06. The van der Waals surface area contributed by atoms with Gasteiger partial charge in [0.25, 0.3) is 0 Å². The molecule has 6 aromatic carbocycles. The van der Waals surface area contributed by atoms with Crippen molar-refractivity contribution in [1.29, 1.82) is 0 Å². The van der Waals surface area contributed by atoms with E-state index in [0.717, 1.165) is 72.2 Å². The van der Waals surface area contributed by atoms with Crippen LogP contribution in [0.3, 0.4) is 0 Å². The van der Waals surface area contributed by atoms with Crippen LogP contribution in [0.15, 0.2) is 170 Å². The molecule has 12 nitrogen and oxygen atoms in total. The average molecular weight is 1020 g/mol. The Labute approximate surface area is 453 Å². The number of aryl methyl sites for hydroxylation is 2. The van der Waals surface area contributed by atoms with Gasteiger partial charge in [0.1, 0.15) is 23.7 Å². The van der Waals surface area contributed by atoms with E-state index in [1.165, 1.54) is 31.4 Å². The minimum atomic E-state index is -0.972. The Morgan fingerprint density at radius 2 is 0.867 bits per heavy atom. The van der Waals surface area contributed by atoms with Gasteiger partial charge < -0.3 is 40.4 Å². The topological polar surface area (TPSA) is 172 Å². The van der Waals surface area contributed by atoms with Crippen LogP contribution in [-0.4, -0.2) is 131 Å². The number of aliphatic carboxylic acids is 1. The fraction of sp³-hybridized carbons (Fsp3) is 0.333. The number of carbonyl (C=O) groups excluding carboxylic acids is 3. The molecular weight excluding hydrogens is 950 g/mol. The van der Waals surface area contributed by atoms with Gasteiger partial charge in [0.2, 0.25) is 11.8 Å². The second-order valence-corrected chi connectivity index (χ2v) is 18.6. The van der Waals surface area contributed by atoms with Crippen LogP contribution in [0.5, 0.6) is 0 Å². The van der Waals surface area contributed by atoms with Gasteiger partial charge in [-0.15, -0.1) is 0 Å². The fourth-order valence-electron chi connectivity index (χ4n) is 9.95. The Kier molecular flexibility index (Phi) is 25.8. The molecule has 2 aliphatic rings. The van der Waals surface area contributed by atoms with Crippen LogP contribution in [-0.2, 0) is 36.8 Å². The quantitative estimate of drug-likeness (QED) is 0.0816. The molecule has 4 atom stereocenters. The van der Waals surface area contributed by atoms with Gasteiger partial charge in [-0.25, -0.2) is 18.4 Å². The number of halogens is 2. The number of hydrogen-bond donors (Lipinski definition) is 1. The summed E-state index contributed by atoms with van der Waals surface area (Å²) in [5.74, 6) is -3.16. The Bertz CT molecular complexity index is 2560. The van der Waals surface area contributed by atoms with E-state index < -0.39 is 29.9 Å². The van der Waals surface area contributed by atoms with Crippen LogP contribution in [0, 0.1) is 11.6 Å². The molecule has 15 heteroatoms. The molecule has 0 unspecified atom stereocenters. The minimum absolute atomic E-state index is 0. The van der Waals surface area contributed by atoms with Crippen LogP contribution < -0.4 is 18.9 Å². The van der Waals surface area contributed by atoms with Gasteiger partial charge in [0, 0.05) is 25.2 Å². The van der Waals surface area contributed by atoms with Gasteiger partial charge in [-0.3, -0.25) is 9.59 Å². The van der Waals surface area contributed by atoms with Crippen molar-refractivity contribution in [2.45, 2.75) is 82.0 Å². The van der Waals surface area contributed by atoms with E-state index in [0.29, 0.717) is 25.9 Å². The first kappa shape index (κ1) is 62.8. The predicted octanol–water partition coefficient (Wildman–Crippen LogP) is 5.88. The van der Waals surface area contributed by atoms with Gasteiger partial charge in [-0.2, -0.15) is 0 Å². The number of amides is 2. The molecule has 2 aliphatic heterocycles. The zero-order valence-electron chi connectivity index (χ0n) is 42.7. The van der Waals surface area contributed by atoms with Crippen molar-refractivity contribution in [1.82, 2.24) is 19.6 Å². The summed E-state index contributed by atoms with van der Waals surface area (Å²) in [7, 11) is 5.38. The first-order valence-electron chi connectivity index (χ1n) is 24.4. The van der Waals surface area contributed by atoms with Crippen LogP contribution >= 0.6 is 0 Å². The first-order chi connectivity index (χ1) is 34.4. The summed E-state index contributed by atoms with van der Waals surface area (Å²) in [6, 6.07) is 50.1. The Hall–Kier alpha value is -6.50. The minimum Gasteiger partial charge on any atom is -0.870 e. The van der Waals surface area contributed by atoms with Gasteiger partial charge in [-0.1, -0.05) is 153 Å². The SMILES string of the molecule is C.CN(CCCc1ccc(F)cc1)[C@H]1C[C@@H](C(=O)O)N(C(=O)C(c2ccccc2)c2ccccc2)C1.COC(=O)[C@@H]1C[C@H](N(C)CCCc2ccc(F)cc2)CN1C(=O)C(c1ccccc1)c1ccccc1.O.[Li+].[OH-]. The van der Waals surface area contributed by atoms with Crippen molar-refractivity contribution in [3.63, 3.8) is 0 Å². The molecule has 0 aromatic heterocycles. The third kappa shape index (κ3) is 16.7. The summed E-state index contributed by atoms with van der Waals surface area (Å²) in [5, 5.41) is 9.96. The third-order valence-electron chi connectivity index (χ3n) is 13.9. The number of carboxylic acid groups (broad SMARTS) is 1. The largest absolute Gasteiger partial charge is 1.00 e. The van der Waals surface area contributed by atoms with Crippen LogP contribution in [0.4, 0.5) is 8.78 Å². The number of hydrogen-bond acceptors (Lipinski definition) is 8. The number of carboxylic acids is 1. The number of rotatable bonds is 18. The molecule has 75 heavy (non-hydrogen) atoms. The standard InChI is InChI=1S/C30H33FN2O3.C29H31FN2O3.CH4.Li.2H2O/c1-32(19-9-10-22-15-17-25(31)18-16-22)26-20-27(30(35)36-2)33(21-26)29(34)28(23-11-5-3-6-12-23)24-13-7-4-8-14-24;1-31(18-8-9-21-14-16-24(30)17-15-21)25-19-26(29(34)35)32(20-25)28(33)27(22-10-4-2-5-11-22)23-12-6-3-7-13-23;;;;/h3-8,11-18,26-28H,9-10,19-21H2,1-2H3;2-7,10-17,25-27H,8-9,18-20H2,1H3,(H,34,35);1H4;;2*1H2/q;;;+1;;/p-1/t26-,27-;25-,26-;;;;/m00..../s1. The van der Waals surface area contributed by atoms with Crippen LogP contribution in [0.25, 0.3) is 0 Å². The molecule has 0 bridgehead atoms. The van der Waals surface area contributed by atoms with Crippen molar-refractivity contribution in [2.24, 2.45) is 0 Å². The summed E-state index contributed by atoms with van der Waals surface area (Å²) in [4.78, 5) is 60.4. The van der Waals surface area contributed by atoms with Crippen molar-refractivity contribution in [2.75, 3.05) is 47.4 Å². The maximum Gasteiger partial charge on any atom is 1.00 e. The molecule has 2 saturated heterocycles. The molecule has 2 fully saturated rings. The molecule has 0 saturated carbocycles. The number of benzene rings is 6. The molecule has 6 aromatic rings. The summed E-state index contributed by atoms with van der Waals surface area (Å²) in [6.45, 7) is 2.40. The van der Waals surface area contributed by atoms with Gasteiger partial charge >= 0.3 is 30.8 Å². The number of methoxy groups -OCH3 is 1. The number of esters is 1. The monoisotopic (exact) mass is 1020 g/mol. The number of likely N-dealkylation sites (tertiary alicyclic amines) is 2. The summed E-state index contributed by atoms with van der Waals surface area (Å²) >= 11 is 0. The van der Waals surface area contributed by atoms with E-state index in [1.807, 2.05) is 148 Å². The number of likely N-dealkylation sites (N-methyl/N-ethyl adjacent to an activating group) is 2. The summed E-state index contributed by atoms with van der Waals surface area (Å²) < 4.78 is 31.4. The maximum absolute atomic E-state index is 14.0. The maximum atomic E-state index is 14.0. The number of nitrogens with zero attached hydrogens (tertiary/aromatic N) is 4. The fourth-order valence-corrected chi connectivity index (χ4v) is 9.95.